The van der Waals surface area contributed by atoms with Crippen molar-refractivity contribution in [3.8, 4) is 0 Å². The van der Waals surface area contributed by atoms with Gasteiger partial charge in [-0.2, -0.15) is 58.5 Å². The van der Waals surface area contributed by atoms with E-state index in [9.17, 15) is 19.2 Å². The fraction of sp³-hybridized carbons (Fsp3) is 0.167. The number of hydrogen-bond acceptors (Lipinski definition) is 23. The number of thiocarbonyl (C=S) groups is 2. The number of fused-ring (bicyclic) bond motifs is 4. The van der Waals surface area contributed by atoms with Gasteiger partial charge in [0.2, 0.25) is 15.3 Å². The van der Waals surface area contributed by atoms with E-state index < -0.39 is 6.09 Å². The van der Waals surface area contributed by atoms with Crippen molar-refractivity contribution >= 4 is 168 Å². The van der Waals surface area contributed by atoms with Gasteiger partial charge < -0.3 is 15.8 Å². The number of isothiocyanates is 1. The van der Waals surface area contributed by atoms with Crippen molar-refractivity contribution in [1.82, 2.24) is 104 Å². The normalized spacial score (nSPS) is 9.95. The lowest BCUT2D eigenvalue weighted by molar-refractivity contribution is -0.115. The van der Waals surface area contributed by atoms with Crippen LogP contribution in [0.1, 0.15) is 13.8 Å². The topological polar surface area (TPSA) is 378 Å². The summed E-state index contributed by atoms with van der Waals surface area (Å²) < 4.78 is 11.1. The standard InChI is InChI=1S/C7H10N4O2S.C6H4BrClN4S.C6H5ClN4S.C6H6N4OS.C5H4N4OS.C3H5N3.C3H3NOS/c1-2-13-7(12)10-6(14)9-5-3-4-8-11-5;1-13-6-10-4-3(7)2-9-12(4)5(8)11-6;1-12-6-9-4-2-3-8-11(4)5(7)10-6;1-12-5-8-4-2-3-7-10(4)6(11)9-5;10-5-8-4(11)7-3-1-2-6-9(3)5;4-3-1-2-5-6-3;1-3(5)4-2-6/h3-4H,2H2,1H3,(H3,8,9,10,11,12,14);2H,1H3;2-3H,1H3;2-3H,1H3,(H,8,9,11);1-2,6H,(H,8,10,11);1-2H,(H3,4,5,6);1H3. The number of nitrogen functional groups attached to an aromatic ring is 1. The molecule has 0 aromatic carbocycles. The second-order valence-electron chi connectivity index (χ2n) is 12.4. The highest BCUT2D eigenvalue weighted by Gasteiger charge is 2.09. The SMILES string of the molecule is CC(=O)N=C=S.CCOC(=O)NC(=S)Nc1ccn[nH]1.CSc1nc(Cl)n2ncc(Br)c2n1.CSc1nc(Cl)n2nccc2n1.CSc1nc2ccnn2c(=O)[nH]1.Nc1ccn[nH]1.O=c1[nH]c(=S)nc2cc[nH]n12. The van der Waals surface area contributed by atoms with E-state index in [0.29, 0.717) is 61.2 Å². The molecule has 29 nitrogen and oxygen atoms in total. The molecule has 0 bridgehead atoms. The van der Waals surface area contributed by atoms with E-state index in [1.807, 2.05) is 23.9 Å². The number of aromatic nitrogens is 20. The van der Waals surface area contributed by atoms with Crippen molar-refractivity contribution < 1.29 is 14.3 Å². The second-order valence-corrected chi connectivity index (χ2v) is 17.3. The Morgan fingerprint density at radius 3 is 2.04 bits per heavy atom. The third-order valence-electron chi connectivity index (χ3n) is 7.53. The number of nitrogens with two attached hydrogens (primary N) is 1. The minimum absolute atomic E-state index is 0.160. The van der Waals surface area contributed by atoms with Crippen LogP contribution in [0.25, 0.3) is 22.6 Å². The summed E-state index contributed by atoms with van der Waals surface area (Å²) in [6.07, 6.45) is 14.7. The van der Waals surface area contributed by atoms with Gasteiger partial charge in [-0.15, -0.1) is 0 Å². The highest BCUT2D eigenvalue weighted by molar-refractivity contribution is 9.10. The molecule has 38 heteroatoms. The first-order valence-electron chi connectivity index (χ1n) is 19.7. The minimum Gasteiger partial charge on any atom is -0.450 e. The Labute approximate surface area is 461 Å². The summed E-state index contributed by atoms with van der Waals surface area (Å²) in [5, 5.41) is 36.5. The molecule has 0 unspecified atom stereocenters. The Bertz CT molecular complexity index is 3630. The molecular formula is C36H37BrCl2N24O5S6. The predicted octanol–water partition coefficient (Wildman–Crippen LogP) is 5.46. The van der Waals surface area contributed by atoms with Crippen molar-refractivity contribution in [2.45, 2.75) is 29.3 Å². The van der Waals surface area contributed by atoms with Gasteiger partial charge in [0.25, 0.3) is 5.91 Å². The zero-order valence-electron chi connectivity index (χ0n) is 38.4. The van der Waals surface area contributed by atoms with Gasteiger partial charge in [0.15, 0.2) is 43.2 Å². The van der Waals surface area contributed by atoms with Crippen molar-refractivity contribution in [2.24, 2.45) is 4.99 Å². The van der Waals surface area contributed by atoms with E-state index in [-0.39, 0.29) is 27.2 Å². The van der Waals surface area contributed by atoms with Crippen molar-refractivity contribution in [3.63, 3.8) is 0 Å². The first kappa shape index (κ1) is 59.5. The molecule has 2 amide bonds. The number of carbonyl (C=O) groups excluding carboxylic acids is 2. The summed E-state index contributed by atoms with van der Waals surface area (Å²) in [4.78, 5) is 75.4. The van der Waals surface area contributed by atoms with Gasteiger partial charge in [0.1, 0.15) is 11.6 Å². The summed E-state index contributed by atoms with van der Waals surface area (Å²) in [5.41, 5.74) is 7.11. The van der Waals surface area contributed by atoms with Crippen LogP contribution < -0.4 is 27.7 Å². The zero-order valence-corrected chi connectivity index (χ0v) is 46.4. The molecule has 0 saturated heterocycles. The molecule has 0 spiro atoms. The molecule has 0 aliphatic rings. The van der Waals surface area contributed by atoms with Gasteiger partial charge in [0, 0.05) is 37.4 Å². The van der Waals surface area contributed by atoms with Gasteiger partial charge in [-0.05, 0) is 108 Å². The average Bonchev–Trinajstić information content (AvgIpc) is 4.24. The van der Waals surface area contributed by atoms with Gasteiger partial charge >= 0.3 is 17.5 Å². The maximum atomic E-state index is 11.2. The number of aliphatic imine (C=N–C) groups is 1. The van der Waals surface area contributed by atoms with Crippen LogP contribution in [0.5, 0.6) is 0 Å². The third-order valence-corrected chi connectivity index (χ3v) is 10.7. The Kier molecular flexibility index (Phi) is 24.8. The fourth-order valence-electron chi connectivity index (χ4n) is 4.59. The molecule has 0 aliphatic heterocycles. The molecule has 9 N–H and O–H groups in total. The number of anilines is 2. The number of halogens is 3. The van der Waals surface area contributed by atoms with Crippen molar-refractivity contribution in [3.05, 3.63) is 108 Å². The van der Waals surface area contributed by atoms with E-state index in [4.69, 9.17) is 53.4 Å². The quantitative estimate of drug-likeness (QED) is 0.0602. The monoisotopic (exact) mass is 1230 g/mol. The molecule has 0 aliphatic carbocycles. The number of nitrogens with one attached hydrogen (secondary N) is 7. The number of alkyl carbamates (subject to hydrolysis) is 1. The molecule has 0 atom stereocenters. The van der Waals surface area contributed by atoms with Gasteiger partial charge in [-0.25, -0.2) is 34.3 Å². The summed E-state index contributed by atoms with van der Waals surface area (Å²) in [6, 6.07) is 8.52. The van der Waals surface area contributed by atoms with Crippen LogP contribution in [0.2, 0.25) is 10.6 Å². The van der Waals surface area contributed by atoms with Crippen LogP contribution >= 0.6 is 111 Å². The molecule has 0 radical (unpaired) electrons. The molecule has 10 rings (SSSR count). The Hall–Kier alpha value is -7.02. The Balaban J connectivity index is 0.000000190. The highest BCUT2D eigenvalue weighted by Crippen LogP contribution is 2.21. The Morgan fingerprint density at radius 2 is 1.47 bits per heavy atom. The molecular weight excluding hydrogens is 1190 g/mol. The summed E-state index contributed by atoms with van der Waals surface area (Å²) in [7, 11) is 0. The number of rotatable bonds is 5. The third kappa shape index (κ3) is 19.1. The van der Waals surface area contributed by atoms with Crippen LogP contribution in [0.4, 0.5) is 16.4 Å². The zero-order chi connectivity index (χ0) is 54.2. The van der Waals surface area contributed by atoms with Crippen LogP contribution in [0, 0.1) is 4.77 Å². The number of amides is 2. The molecule has 10 heterocycles. The predicted molar refractivity (Wildman–Crippen MR) is 293 cm³/mol. The number of aromatic amines is 5. The largest absolute Gasteiger partial charge is 0.450 e. The summed E-state index contributed by atoms with van der Waals surface area (Å²) in [5.74, 6) is 0.909. The lowest BCUT2D eigenvalue weighted by atomic mass is 10.6. The van der Waals surface area contributed by atoms with Gasteiger partial charge in [0.05, 0.1) is 47.2 Å². The van der Waals surface area contributed by atoms with E-state index in [0.717, 1.165) is 10.1 Å². The van der Waals surface area contributed by atoms with Crippen LogP contribution in [0.3, 0.4) is 0 Å². The van der Waals surface area contributed by atoms with E-state index in [2.05, 4.69) is 129 Å². The number of H-pyrrole nitrogens is 5. The number of carbonyl (C=O) groups is 2. The molecule has 10 aromatic heterocycles. The maximum absolute atomic E-state index is 11.2. The lowest BCUT2D eigenvalue weighted by Gasteiger charge is -2.06. The van der Waals surface area contributed by atoms with Gasteiger partial charge in [-0.3, -0.25) is 35.4 Å². The number of ether oxygens (including phenoxy) is 1. The second kappa shape index (κ2) is 30.9. The minimum atomic E-state index is -0.579. The van der Waals surface area contributed by atoms with E-state index in [1.165, 1.54) is 60.3 Å². The molecule has 0 fully saturated rings. The highest BCUT2D eigenvalue weighted by atomic mass is 79.9. The number of thioether (sulfide) groups is 3. The van der Waals surface area contributed by atoms with Crippen molar-refractivity contribution in [2.75, 3.05) is 36.4 Å². The van der Waals surface area contributed by atoms with Crippen molar-refractivity contribution in [1.29, 1.82) is 0 Å². The van der Waals surface area contributed by atoms with Crippen LogP contribution in [0.15, 0.2) is 102 Å². The smallest absolute Gasteiger partial charge is 0.413 e. The van der Waals surface area contributed by atoms with Gasteiger partial charge in [-0.1, -0.05) is 35.3 Å². The number of nitrogens with zero attached hydrogens (tertiary/aromatic N) is 16. The molecule has 0 saturated carbocycles. The first-order chi connectivity index (χ1) is 35.5. The van der Waals surface area contributed by atoms with Crippen LogP contribution in [-0.4, -0.2) is 146 Å². The molecule has 10 aromatic rings. The molecule has 74 heavy (non-hydrogen) atoms. The maximum Gasteiger partial charge on any atom is 0.413 e. The first-order valence-corrected chi connectivity index (χ1v) is 26.2. The summed E-state index contributed by atoms with van der Waals surface area (Å²) >= 11 is 32.9. The van der Waals surface area contributed by atoms with E-state index in [1.54, 1.807) is 74.4 Å². The summed E-state index contributed by atoms with van der Waals surface area (Å²) in [6.45, 7) is 3.34. The van der Waals surface area contributed by atoms with E-state index >= 15 is 0 Å². The average molecular weight is 1230 g/mol. The Morgan fingerprint density at radius 1 is 0.824 bits per heavy atom. The number of hydrogen-bond donors (Lipinski definition) is 8. The lowest BCUT2D eigenvalue weighted by Crippen LogP contribution is -2.34. The fourth-order valence-corrected chi connectivity index (χ4v) is 7.05. The molecule has 388 valence electrons. The van der Waals surface area contributed by atoms with Crippen LogP contribution in [-0.2, 0) is 9.53 Å².